The van der Waals surface area contributed by atoms with Crippen molar-refractivity contribution in [3.63, 3.8) is 0 Å². The lowest BCUT2D eigenvalue weighted by Gasteiger charge is -2.29. The van der Waals surface area contributed by atoms with Gasteiger partial charge in [0, 0.05) is 5.33 Å². The maximum atomic E-state index is 3.59. The van der Waals surface area contributed by atoms with Gasteiger partial charge in [-0.1, -0.05) is 67.8 Å². The predicted octanol–water partition coefficient (Wildman–Crippen LogP) is 4.77. The fourth-order valence-corrected chi connectivity index (χ4v) is 3.32. The van der Waals surface area contributed by atoms with Crippen molar-refractivity contribution in [2.45, 2.75) is 58.3 Å². The van der Waals surface area contributed by atoms with Gasteiger partial charge in [-0.25, -0.2) is 0 Å². The first-order valence-corrected chi connectivity index (χ1v) is 7.06. The molecule has 1 saturated carbocycles. The molecule has 1 atom stereocenters. The molecule has 0 nitrogen and oxygen atoms in total. The molecule has 0 saturated heterocycles. The average Bonchev–Trinajstić information content (AvgIpc) is 2.19. The zero-order valence-electron chi connectivity index (χ0n) is 8.90. The minimum absolute atomic E-state index is 1.02. The van der Waals surface area contributed by atoms with Crippen molar-refractivity contribution in [1.29, 1.82) is 0 Å². The van der Waals surface area contributed by atoms with Gasteiger partial charge in [0.15, 0.2) is 0 Å². The Bertz CT molecular complexity index is 110. The van der Waals surface area contributed by atoms with Crippen LogP contribution in [0.2, 0.25) is 0 Å². The predicted molar refractivity (Wildman–Crippen MR) is 63.4 cm³/mol. The van der Waals surface area contributed by atoms with Gasteiger partial charge in [0.1, 0.15) is 0 Å². The van der Waals surface area contributed by atoms with Gasteiger partial charge in [0.2, 0.25) is 0 Å². The first-order valence-electron chi connectivity index (χ1n) is 5.94. The van der Waals surface area contributed by atoms with E-state index in [1.54, 1.807) is 0 Å². The lowest BCUT2D eigenvalue weighted by molar-refractivity contribution is 0.230. The summed E-state index contributed by atoms with van der Waals surface area (Å²) in [5.74, 6) is 2.08. The largest absolute Gasteiger partial charge is 0.0928 e. The first kappa shape index (κ1) is 11.6. The van der Waals surface area contributed by atoms with Gasteiger partial charge in [0.05, 0.1) is 0 Å². The van der Waals surface area contributed by atoms with Crippen LogP contribution in [-0.4, -0.2) is 5.33 Å². The smallest absolute Gasteiger partial charge is 0.00340 e. The molecule has 1 aliphatic carbocycles. The highest BCUT2D eigenvalue weighted by Crippen LogP contribution is 2.34. The summed E-state index contributed by atoms with van der Waals surface area (Å²) in [5, 5.41) is 1.20. The highest BCUT2D eigenvalue weighted by atomic mass is 79.9. The van der Waals surface area contributed by atoms with Crippen molar-refractivity contribution >= 4 is 15.9 Å². The number of alkyl halides is 1. The number of rotatable bonds is 5. The van der Waals surface area contributed by atoms with Crippen LogP contribution in [0.1, 0.15) is 58.3 Å². The summed E-state index contributed by atoms with van der Waals surface area (Å²) in [6.45, 7) is 2.32. The van der Waals surface area contributed by atoms with Crippen LogP contribution >= 0.6 is 15.9 Å². The Hall–Kier alpha value is 0.480. The van der Waals surface area contributed by atoms with E-state index < -0.39 is 0 Å². The minimum atomic E-state index is 1.02. The molecule has 0 amide bonds. The van der Waals surface area contributed by atoms with E-state index in [9.17, 15) is 0 Å². The maximum Gasteiger partial charge on any atom is 0.00340 e. The molecule has 0 aliphatic heterocycles. The molecule has 0 bridgehead atoms. The molecule has 0 aromatic carbocycles. The van der Waals surface area contributed by atoms with E-state index in [1.807, 2.05) is 0 Å². The van der Waals surface area contributed by atoms with Crippen LogP contribution in [0, 0.1) is 11.8 Å². The summed E-state index contributed by atoms with van der Waals surface area (Å²) in [7, 11) is 0. The zero-order chi connectivity index (χ0) is 9.52. The topological polar surface area (TPSA) is 0 Å². The second-order valence-corrected chi connectivity index (χ2v) is 5.22. The van der Waals surface area contributed by atoms with E-state index >= 15 is 0 Å². The van der Waals surface area contributed by atoms with E-state index in [4.69, 9.17) is 0 Å². The van der Waals surface area contributed by atoms with Crippen LogP contribution < -0.4 is 0 Å². The summed E-state index contributed by atoms with van der Waals surface area (Å²) in [6.07, 6.45) is 11.7. The Morgan fingerprint density at radius 3 is 2.38 bits per heavy atom. The molecule has 1 aliphatic rings. The van der Waals surface area contributed by atoms with E-state index in [1.165, 1.54) is 56.7 Å². The van der Waals surface area contributed by atoms with Gasteiger partial charge in [-0.05, 0) is 18.3 Å². The third-order valence-corrected chi connectivity index (χ3v) is 3.91. The SMILES string of the molecule is CCC[C@@H](CCBr)C1CCCCC1. The molecule has 0 aromatic heterocycles. The molecule has 78 valence electrons. The Morgan fingerprint density at radius 2 is 1.85 bits per heavy atom. The molecule has 0 N–H and O–H groups in total. The van der Waals surface area contributed by atoms with E-state index in [2.05, 4.69) is 22.9 Å². The highest BCUT2D eigenvalue weighted by Gasteiger charge is 2.21. The average molecular weight is 247 g/mol. The molecular weight excluding hydrogens is 224 g/mol. The summed E-state index contributed by atoms with van der Waals surface area (Å²) >= 11 is 3.59. The maximum absolute atomic E-state index is 3.59. The fraction of sp³-hybridized carbons (Fsp3) is 1.00. The van der Waals surface area contributed by atoms with Gasteiger partial charge in [-0.3, -0.25) is 0 Å². The van der Waals surface area contributed by atoms with Gasteiger partial charge in [0.25, 0.3) is 0 Å². The molecular formula is C12H23Br. The summed E-state index contributed by atoms with van der Waals surface area (Å²) in [6, 6.07) is 0. The second kappa shape index (κ2) is 6.86. The van der Waals surface area contributed by atoms with Crippen molar-refractivity contribution in [3.8, 4) is 0 Å². The molecule has 0 aromatic rings. The third kappa shape index (κ3) is 4.01. The van der Waals surface area contributed by atoms with Crippen LogP contribution in [-0.2, 0) is 0 Å². The molecule has 0 unspecified atom stereocenters. The molecule has 1 fully saturated rings. The third-order valence-electron chi connectivity index (χ3n) is 3.46. The van der Waals surface area contributed by atoms with Crippen LogP contribution in [0.15, 0.2) is 0 Å². The molecule has 1 heteroatoms. The zero-order valence-corrected chi connectivity index (χ0v) is 10.5. The lowest BCUT2D eigenvalue weighted by Crippen LogP contribution is -2.18. The standard InChI is InChI=1S/C12H23Br/c1-2-6-11(9-10-13)12-7-4-3-5-8-12/h11-12H,2-10H2,1H3/t11-/m0/s1. The normalized spacial score (nSPS) is 21.7. The Kier molecular flexibility index (Phi) is 6.10. The Labute approximate surface area is 91.6 Å². The van der Waals surface area contributed by atoms with Gasteiger partial charge >= 0.3 is 0 Å². The van der Waals surface area contributed by atoms with Crippen molar-refractivity contribution in [1.82, 2.24) is 0 Å². The van der Waals surface area contributed by atoms with Crippen molar-refractivity contribution in [2.24, 2.45) is 11.8 Å². The Balaban J connectivity index is 2.32. The van der Waals surface area contributed by atoms with Crippen LogP contribution in [0.25, 0.3) is 0 Å². The summed E-state index contributed by atoms with van der Waals surface area (Å²) in [4.78, 5) is 0. The van der Waals surface area contributed by atoms with E-state index in [-0.39, 0.29) is 0 Å². The fourth-order valence-electron chi connectivity index (χ4n) is 2.73. The molecule has 1 rings (SSSR count). The highest BCUT2D eigenvalue weighted by molar-refractivity contribution is 9.09. The molecule has 0 radical (unpaired) electrons. The van der Waals surface area contributed by atoms with Crippen molar-refractivity contribution in [3.05, 3.63) is 0 Å². The quantitative estimate of drug-likeness (QED) is 0.614. The monoisotopic (exact) mass is 246 g/mol. The van der Waals surface area contributed by atoms with E-state index in [0.29, 0.717) is 0 Å². The first-order chi connectivity index (χ1) is 6.38. The summed E-state index contributed by atoms with van der Waals surface area (Å²) in [5.41, 5.74) is 0. The molecule has 0 heterocycles. The number of hydrogen-bond acceptors (Lipinski definition) is 0. The lowest BCUT2D eigenvalue weighted by atomic mass is 9.77. The van der Waals surface area contributed by atoms with Crippen LogP contribution in [0.3, 0.4) is 0 Å². The number of halogens is 1. The van der Waals surface area contributed by atoms with E-state index in [0.717, 1.165) is 11.8 Å². The van der Waals surface area contributed by atoms with Crippen molar-refractivity contribution in [2.75, 3.05) is 5.33 Å². The number of hydrogen-bond donors (Lipinski definition) is 0. The van der Waals surface area contributed by atoms with Gasteiger partial charge < -0.3 is 0 Å². The second-order valence-electron chi connectivity index (χ2n) is 4.42. The van der Waals surface area contributed by atoms with Gasteiger partial charge in [-0.2, -0.15) is 0 Å². The Morgan fingerprint density at radius 1 is 1.15 bits per heavy atom. The minimum Gasteiger partial charge on any atom is -0.0928 e. The van der Waals surface area contributed by atoms with Crippen molar-refractivity contribution < 1.29 is 0 Å². The van der Waals surface area contributed by atoms with Gasteiger partial charge in [-0.15, -0.1) is 0 Å². The molecule has 13 heavy (non-hydrogen) atoms. The van der Waals surface area contributed by atoms with Crippen LogP contribution in [0.5, 0.6) is 0 Å². The van der Waals surface area contributed by atoms with Crippen LogP contribution in [0.4, 0.5) is 0 Å². The summed E-state index contributed by atoms with van der Waals surface area (Å²) < 4.78 is 0. The molecule has 0 spiro atoms.